The number of nitrogens with one attached hydrogen (secondary N) is 1. The summed E-state index contributed by atoms with van der Waals surface area (Å²) in [6, 6.07) is 18.3. The monoisotopic (exact) mass is 459 g/mol. The Hall–Kier alpha value is -2.98. The van der Waals surface area contributed by atoms with Gasteiger partial charge in [0.25, 0.3) is 5.91 Å². The Kier molecular flexibility index (Phi) is 10.0. The van der Waals surface area contributed by atoms with Gasteiger partial charge in [0.15, 0.2) is 0 Å². The summed E-state index contributed by atoms with van der Waals surface area (Å²) in [5.41, 5.74) is 7.39. The third-order valence-corrected chi connectivity index (χ3v) is 6.46. The largest absolute Gasteiger partial charge is 0.324 e. The van der Waals surface area contributed by atoms with Crippen molar-refractivity contribution in [2.45, 2.75) is 60.9 Å². The van der Waals surface area contributed by atoms with Crippen molar-refractivity contribution in [3.05, 3.63) is 88.3 Å². The van der Waals surface area contributed by atoms with Crippen molar-refractivity contribution in [2.75, 3.05) is 14.1 Å². The van der Waals surface area contributed by atoms with Crippen LogP contribution in [-0.4, -0.2) is 35.9 Å². The van der Waals surface area contributed by atoms with Gasteiger partial charge in [-0.1, -0.05) is 63.2 Å². The Balaban J connectivity index is 0.000000379. The molecule has 1 aromatic heterocycles. The number of benzene rings is 2. The molecule has 0 aliphatic carbocycles. The van der Waals surface area contributed by atoms with Gasteiger partial charge in [-0.15, -0.1) is 0 Å². The number of aryl methyl sites for hydroxylation is 3. The fourth-order valence-corrected chi connectivity index (χ4v) is 3.79. The number of pyridine rings is 1. The molecule has 0 bridgehead atoms. The van der Waals surface area contributed by atoms with Crippen molar-refractivity contribution < 1.29 is 4.79 Å². The second-order valence-corrected chi connectivity index (χ2v) is 9.45. The summed E-state index contributed by atoms with van der Waals surface area (Å²) in [5.74, 6) is 0.291. The van der Waals surface area contributed by atoms with Gasteiger partial charge in [-0.3, -0.25) is 9.78 Å². The molecule has 1 heterocycles. The lowest BCUT2D eigenvalue weighted by molar-refractivity contribution is 0.0960. The molecule has 1 N–H and O–H groups in total. The van der Waals surface area contributed by atoms with Crippen LogP contribution in [0.25, 0.3) is 10.9 Å². The van der Waals surface area contributed by atoms with Crippen molar-refractivity contribution >= 4 is 16.8 Å². The van der Waals surface area contributed by atoms with Crippen LogP contribution in [-0.2, 0) is 6.42 Å². The zero-order valence-corrected chi connectivity index (χ0v) is 22.4. The van der Waals surface area contributed by atoms with Crippen LogP contribution in [0.2, 0.25) is 0 Å². The van der Waals surface area contributed by atoms with Gasteiger partial charge < -0.3 is 10.2 Å². The number of amides is 1. The highest BCUT2D eigenvalue weighted by atomic mass is 16.1. The van der Waals surface area contributed by atoms with E-state index in [0.717, 1.165) is 28.7 Å². The van der Waals surface area contributed by atoms with E-state index in [-0.39, 0.29) is 11.9 Å². The van der Waals surface area contributed by atoms with Gasteiger partial charge in [0.1, 0.15) is 0 Å². The normalized spacial score (nSPS) is 12.8. The number of carbonyl (C=O) groups excluding carboxylic acids is 1. The molecule has 4 nitrogen and oxygen atoms in total. The molecule has 0 saturated heterocycles. The number of fused-ring (bicyclic) bond motifs is 1. The zero-order valence-electron chi connectivity index (χ0n) is 22.4. The first kappa shape index (κ1) is 27.3. The summed E-state index contributed by atoms with van der Waals surface area (Å²) in [7, 11) is 4.05. The molecule has 1 unspecified atom stereocenters. The number of rotatable bonds is 6. The van der Waals surface area contributed by atoms with Gasteiger partial charge in [0.05, 0.1) is 11.1 Å². The lowest BCUT2D eigenvalue weighted by Gasteiger charge is -2.27. The molecule has 2 aromatic carbocycles. The third kappa shape index (κ3) is 7.01. The molecule has 1 amide bonds. The first-order chi connectivity index (χ1) is 16.1. The van der Waals surface area contributed by atoms with Crippen LogP contribution in [0, 0.1) is 19.8 Å². The van der Waals surface area contributed by atoms with Gasteiger partial charge >= 0.3 is 0 Å². The van der Waals surface area contributed by atoms with Crippen LogP contribution in [0.4, 0.5) is 0 Å². The molecule has 0 saturated carbocycles. The molecule has 0 fully saturated rings. The average Bonchev–Trinajstić information content (AvgIpc) is 2.81. The minimum Gasteiger partial charge on any atom is -0.324 e. The van der Waals surface area contributed by atoms with Crippen LogP contribution in [0.5, 0.6) is 0 Å². The fourth-order valence-electron chi connectivity index (χ4n) is 3.79. The maximum absolute atomic E-state index is 13.1. The highest BCUT2D eigenvalue weighted by Crippen LogP contribution is 2.21. The Morgan fingerprint density at radius 2 is 1.62 bits per heavy atom. The summed E-state index contributed by atoms with van der Waals surface area (Å²) in [6.07, 6.45) is 1.15. The maximum atomic E-state index is 13.1. The number of hydrogen-bond acceptors (Lipinski definition) is 3. The number of likely N-dealkylation sites (N-methyl/N-ethyl adjacent to an activating group) is 1. The minimum absolute atomic E-state index is 0.0783. The first-order valence-corrected chi connectivity index (χ1v) is 12.2. The zero-order chi connectivity index (χ0) is 25.4. The maximum Gasteiger partial charge on any atom is 0.256 e. The number of carbonyl (C=O) groups is 1. The minimum atomic E-state index is -0.0783. The summed E-state index contributed by atoms with van der Waals surface area (Å²) in [5, 5.41) is 4.07. The highest BCUT2D eigenvalue weighted by molar-refractivity contribution is 6.06. The Bertz CT molecular complexity index is 1140. The van der Waals surface area contributed by atoms with Crippen LogP contribution in [0.15, 0.2) is 65.9 Å². The van der Waals surface area contributed by atoms with Gasteiger partial charge in [0.2, 0.25) is 0 Å². The quantitative estimate of drug-likeness (QED) is 0.445. The van der Waals surface area contributed by atoms with Crippen molar-refractivity contribution in [3.8, 4) is 0 Å². The molecular weight excluding hydrogens is 418 g/mol. The number of aromatic nitrogens is 1. The van der Waals surface area contributed by atoms with Crippen LogP contribution < -0.4 is 5.32 Å². The average molecular weight is 460 g/mol. The van der Waals surface area contributed by atoms with Crippen molar-refractivity contribution in [3.63, 3.8) is 0 Å². The van der Waals surface area contributed by atoms with E-state index in [1.807, 2.05) is 51.4 Å². The van der Waals surface area contributed by atoms with Crippen LogP contribution in [0.3, 0.4) is 0 Å². The summed E-state index contributed by atoms with van der Waals surface area (Å²) in [4.78, 5) is 19.7. The van der Waals surface area contributed by atoms with E-state index >= 15 is 0 Å². The van der Waals surface area contributed by atoms with E-state index < -0.39 is 0 Å². The third-order valence-electron chi connectivity index (χ3n) is 6.46. The van der Waals surface area contributed by atoms with E-state index in [2.05, 4.69) is 81.0 Å². The number of allylic oxidation sites excluding steroid dienone is 1. The second-order valence-electron chi connectivity index (χ2n) is 9.45. The van der Waals surface area contributed by atoms with Crippen molar-refractivity contribution in [1.82, 2.24) is 15.2 Å². The predicted molar refractivity (Wildman–Crippen MR) is 145 cm³/mol. The number of nitrogens with zero attached hydrogens (tertiary/aromatic N) is 2. The van der Waals surface area contributed by atoms with Gasteiger partial charge in [-0.25, -0.2) is 0 Å². The number of hydrogen-bond donors (Lipinski definition) is 1. The first-order valence-electron chi connectivity index (χ1n) is 12.2. The molecule has 3 rings (SSSR count). The molecule has 3 aromatic rings. The van der Waals surface area contributed by atoms with Crippen molar-refractivity contribution in [1.29, 1.82) is 0 Å². The standard InChI is InChI=1S/C21H29N3O.C9H12/c1-13(2)15(4)20(16(5)24(6)7)23-21(25)18-12-14(3)22-19-11-9-8-10-17(18)19;1-3-9-7-5-4-6-8(9)2/h8-13,16H,1-7H3,(H,23,25);4-7H,3H2,1-2H3/b20-15+;. The molecule has 0 radical (unpaired) electrons. The number of para-hydroxylation sites is 1. The van der Waals surface area contributed by atoms with Gasteiger partial charge in [-0.2, -0.15) is 0 Å². The van der Waals surface area contributed by atoms with Crippen LogP contribution >= 0.6 is 0 Å². The molecule has 0 spiro atoms. The smallest absolute Gasteiger partial charge is 0.256 e. The van der Waals surface area contributed by atoms with Gasteiger partial charge in [-0.05, 0) is 83.0 Å². The van der Waals surface area contributed by atoms with E-state index in [0.29, 0.717) is 11.5 Å². The molecule has 4 heteroatoms. The van der Waals surface area contributed by atoms with Crippen molar-refractivity contribution in [2.24, 2.45) is 5.92 Å². The van der Waals surface area contributed by atoms with E-state index in [9.17, 15) is 4.79 Å². The molecule has 0 aliphatic heterocycles. The van der Waals surface area contributed by atoms with E-state index in [1.165, 1.54) is 16.7 Å². The second kappa shape index (κ2) is 12.5. The summed E-state index contributed by atoms with van der Waals surface area (Å²) in [6.45, 7) is 14.8. The summed E-state index contributed by atoms with van der Waals surface area (Å²) < 4.78 is 0. The van der Waals surface area contributed by atoms with E-state index in [4.69, 9.17) is 0 Å². The SMILES string of the molecule is C/C(=C(\NC(=O)c1cc(C)nc2ccccc12)C(C)N(C)C)C(C)C.CCc1ccccc1C. The lowest BCUT2D eigenvalue weighted by Crippen LogP contribution is -2.37. The van der Waals surface area contributed by atoms with Gasteiger partial charge in [0, 0.05) is 22.8 Å². The predicted octanol–water partition coefficient (Wildman–Crippen LogP) is 6.71. The Labute approximate surface area is 206 Å². The van der Waals surface area contributed by atoms with E-state index in [1.54, 1.807) is 0 Å². The summed E-state index contributed by atoms with van der Waals surface area (Å²) >= 11 is 0. The Morgan fingerprint density at radius 3 is 2.18 bits per heavy atom. The Morgan fingerprint density at radius 1 is 1.00 bits per heavy atom. The molecule has 1 atom stereocenters. The highest BCUT2D eigenvalue weighted by Gasteiger charge is 2.20. The molecule has 34 heavy (non-hydrogen) atoms. The van der Waals surface area contributed by atoms with Crippen LogP contribution in [0.1, 0.15) is 61.8 Å². The lowest BCUT2D eigenvalue weighted by atomic mass is 9.98. The fraction of sp³-hybridized carbons (Fsp3) is 0.400. The topological polar surface area (TPSA) is 45.2 Å². The molecule has 0 aliphatic rings. The molecule has 182 valence electrons. The molecular formula is C30H41N3O.